The molecule has 0 fully saturated rings. The summed E-state index contributed by atoms with van der Waals surface area (Å²) in [6, 6.07) is 5.39. The normalized spacial score (nSPS) is 10.7. The van der Waals surface area contributed by atoms with Crippen molar-refractivity contribution in [3.8, 4) is 0 Å². The third kappa shape index (κ3) is 3.59. The lowest BCUT2D eigenvalue weighted by molar-refractivity contribution is 0.102. The third-order valence-corrected chi connectivity index (χ3v) is 3.99. The monoisotopic (exact) mass is 334 g/mol. The van der Waals surface area contributed by atoms with Crippen LogP contribution < -0.4 is 5.32 Å². The van der Waals surface area contributed by atoms with Crippen molar-refractivity contribution in [2.24, 2.45) is 0 Å². The summed E-state index contributed by atoms with van der Waals surface area (Å²) in [5.41, 5.74) is 1.70. The quantitative estimate of drug-likeness (QED) is 0.769. The zero-order valence-electron chi connectivity index (χ0n) is 12.1. The number of carbonyl (C=O) groups excluding carboxylic acids is 1. The molecule has 23 heavy (non-hydrogen) atoms. The Kier molecular flexibility index (Phi) is 4.16. The predicted molar refractivity (Wildman–Crippen MR) is 82.6 cm³/mol. The summed E-state index contributed by atoms with van der Waals surface area (Å²) in [5.74, 6) is -2.11. The first-order valence-corrected chi connectivity index (χ1v) is 7.55. The van der Waals surface area contributed by atoms with Crippen LogP contribution in [0.25, 0.3) is 0 Å². The van der Waals surface area contributed by atoms with Gasteiger partial charge in [0.25, 0.3) is 5.91 Å². The SMILES string of the molecule is Cc1cc(C(=O)Nc2ncc(Cc3ccc(F)c(F)c3)s2)n[nH]1. The number of nitrogens with zero attached hydrogens (tertiary/aromatic N) is 2. The van der Waals surface area contributed by atoms with Crippen molar-refractivity contribution in [3.05, 3.63) is 63.9 Å². The summed E-state index contributed by atoms with van der Waals surface area (Å²) in [4.78, 5) is 16.9. The van der Waals surface area contributed by atoms with E-state index in [2.05, 4.69) is 20.5 Å². The molecule has 0 unspecified atom stereocenters. The maximum Gasteiger partial charge on any atom is 0.277 e. The molecule has 3 rings (SSSR count). The minimum Gasteiger partial charge on any atom is -0.296 e. The minimum absolute atomic E-state index is 0.278. The predicted octanol–water partition coefficient (Wildman–Crippen LogP) is 3.30. The van der Waals surface area contributed by atoms with Crippen LogP contribution in [0.4, 0.5) is 13.9 Å². The first-order valence-electron chi connectivity index (χ1n) is 6.73. The van der Waals surface area contributed by atoms with E-state index in [9.17, 15) is 13.6 Å². The summed E-state index contributed by atoms with van der Waals surface area (Å²) < 4.78 is 26.1. The van der Waals surface area contributed by atoms with Crippen LogP contribution in [-0.4, -0.2) is 21.1 Å². The van der Waals surface area contributed by atoms with E-state index in [4.69, 9.17) is 0 Å². The second kappa shape index (κ2) is 6.25. The molecule has 2 aromatic heterocycles. The largest absolute Gasteiger partial charge is 0.296 e. The molecule has 2 N–H and O–H groups in total. The standard InChI is InChI=1S/C15H12F2N4OS/c1-8-4-13(21-20-8)14(22)19-15-18-7-10(23-15)5-9-2-3-11(16)12(17)6-9/h2-4,6-7H,5H2,1H3,(H,20,21)(H,18,19,22). The molecule has 3 aromatic rings. The van der Waals surface area contributed by atoms with Gasteiger partial charge in [0, 0.05) is 23.2 Å². The number of rotatable bonds is 4. The molecule has 118 valence electrons. The highest BCUT2D eigenvalue weighted by Gasteiger charge is 2.12. The fraction of sp³-hybridized carbons (Fsp3) is 0.133. The molecule has 0 spiro atoms. The number of hydrogen-bond acceptors (Lipinski definition) is 4. The maximum atomic E-state index is 13.2. The van der Waals surface area contributed by atoms with Crippen molar-refractivity contribution in [2.75, 3.05) is 5.32 Å². The van der Waals surface area contributed by atoms with Crippen LogP contribution in [0.2, 0.25) is 0 Å². The number of H-pyrrole nitrogens is 1. The Bertz CT molecular complexity index is 859. The first-order chi connectivity index (χ1) is 11.0. The molecular weight excluding hydrogens is 322 g/mol. The van der Waals surface area contributed by atoms with Crippen molar-refractivity contribution in [3.63, 3.8) is 0 Å². The molecule has 0 aliphatic carbocycles. The average molecular weight is 334 g/mol. The number of thiazole rings is 1. The molecule has 0 bridgehead atoms. The molecule has 0 atom stereocenters. The first kappa shape index (κ1) is 15.3. The number of halogens is 2. The van der Waals surface area contributed by atoms with E-state index >= 15 is 0 Å². The van der Waals surface area contributed by atoms with Crippen molar-refractivity contribution in [1.29, 1.82) is 0 Å². The summed E-state index contributed by atoms with van der Waals surface area (Å²) in [6.45, 7) is 1.80. The van der Waals surface area contributed by atoms with Gasteiger partial charge >= 0.3 is 0 Å². The lowest BCUT2D eigenvalue weighted by atomic mass is 10.1. The van der Waals surface area contributed by atoms with Gasteiger partial charge in [0.2, 0.25) is 0 Å². The summed E-state index contributed by atoms with van der Waals surface area (Å²) >= 11 is 1.27. The molecular formula is C15H12F2N4OS. The molecule has 0 radical (unpaired) electrons. The number of aryl methyl sites for hydroxylation is 1. The molecule has 0 aliphatic rings. The van der Waals surface area contributed by atoms with Gasteiger partial charge in [0.1, 0.15) is 0 Å². The van der Waals surface area contributed by atoms with Crippen LogP contribution in [0, 0.1) is 18.6 Å². The summed E-state index contributed by atoms with van der Waals surface area (Å²) in [7, 11) is 0. The molecule has 1 amide bonds. The highest BCUT2D eigenvalue weighted by atomic mass is 32.1. The Labute approximate surface area is 134 Å². The lowest BCUT2D eigenvalue weighted by Crippen LogP contribution is -2.11. The van der Waals surface area contributed by atoms with Gasteiger partial charge in [-0.05, 0) is 30.7 Å². The molecule has 1 aromatic carbocycles. The fourth-order valence-electron chi connectivity index (χ4n) is 1.99. The minimum atomic E-state index is -0.880. The van der Waals surface area contributed by atoms with Crippen LogP contribution in [0.1, 0.15) is 26.6 Å². The zero-order valence-corrected chi connectivity index (χ0v) is 12.9. The van der Waals surface area contributed by atoms with E-state index in [-0.39, 0.29) is 11.6 Å². The molecule has 0 aliphatic heterocycles. The zero-order chi connectivity index (χ0) is 16.4. The van der Waals surface area contributed by atoms with Crippen LogP contribution >= 0.6 is 11.3 Å². The Hall–Kier alpha value is -2.61. The van der Waals surface area contributed by atoms with Gasteiger partial charge < -0.3 is 0 Å². The van der Waals surface area contributed by atoms with Gasteiger partial charge in [-0.2, -0.15) is 5.10 Å². The molecule has 5 nitrogen and oxygen atoms in total. The maximum absolute atomic E-state index is 13.2. The van der Waals surface area contributed by atoms with Gasteiger partial charge in [0.15, 0.2) is 22.5 Å². The summed E-state index contributed by atoms with van der Waals surface area (Å²) in [5, 5.41) is 9.63. The van der Waals surface area contributed by atoms with Gasteiger partial charge in [-0.25, -0.2) is 13.8 Å². The van der Waals surface area contributed by atoms with E-state index in [1.807, 2.05) is 0 Å². The second-order valence-corrected chi connectivity index (χ2v) is 6.06. The summed E-state index contributed by atoms with van der Waals surface area (Å²) in [6.07, 6.45) is 2.00. The van der Waals surface area contributed by atoms with Crippen LogP contribution in [0.3, 0.4) is 0 Å². The van der Waals surface area contributed by atoms with E-state index in [0.717, 1.165) is 22.7 Å². The van der Waals surface area contributed by atoms with Crippen molar-refractivity contribution in [2.45, 2.75) is 13.3 Å². The number of hydrogen-bond donors (Lipinski definition) is 2. The second-order valence-electron chi connectivity index (χ2n) is 4.95. The smallest absolute Gasteiger partial charge is 0.277 e. The number of benzene rings is 1. The molecule has 2 heterocycles. The van der Waals surface area contributed by atoms with E-state index in [1.165, 1.54) is 17.4 Å². The van der Waals surface area contributed by atoms with Crippen molar-refractivity contribution >= 4 is 22.4 Å². The number of aromatic amines is 1. The van der Waals surface area contributed by atoms with Crippen molar-refractivity contribution < 1.29 is 13.6 Å². The van der Waals surface area contributed by atoms with Crippen molar-refractivity contribution in [1.82, 2.24) is 15.2 Å². The molecule has 8 heteroatoms. The number of anilines is 1. The average Bonchev–Trinajstić information content (AvgIpc) is 3.12. The lowest BCUT2D eigenvalue weighted by Gasteiger charge is -1.99. The van der Waals surface area contributed by atoms with Crippen LogP contribution in [-0.2, 0) is 6.42 Å². The van der Waals surface area contributed by atoms with Gasteiger partial charge in [-0.15, -0.1) is 11.3 Å². The molecule has 0 saturated heterocycles. The van der Waals surface area contributed by atoms with Crippen LogP contribution in [0.5, 0.6) is 0 Å². The number of nitrogens with one attached hydrogen (secondary N) is 2. The highest BCUT2D eigenvalue weighted by molar-refractivity contribution is 7.15. The van der Waals surface area contributed by atoms with E-state index in [1.54, 1.807) is 19.2 Å². The van der Waals surface area contributed by atoms with E-state index < -0.39 is 11.6 Å². The number of carbonyl (C=O) groups is 1. The molecule has 0 saturated carbocycles. The number of aromatic nitrogens is 3. The Morgan fingerprint density at radius 3 is 2.83 bits per heavy atom. The Morgan fingerprint density at radius 1 is 1.30 bits per heavy atom. The van der Waals surface area contributed by atoms with Gasteiger partial charge in [-0.3, -0.25) is 15.2 Å². The highest BCUT2D eigenvalue weighted by Crippen LogP contribution is 2.22. The van der Waals surface area contributed by atoms with Crippen LogP contribution in [0.15, 0.2) is 30.5 Å². The third-order valence-electron chi connectivity index (χ3n) is 3.07. The van der Waals surface area contributed by atoms with Gasteiger partial charge in [0.05, 0.1) is 0 Å². The van der Waals surface area contributed by atoms with Gasteiger partial charge in [-0.1, -0.05) is 6.07 Å². The Morgan fingerprint density at radius 2 is 2.13 bits per heavy atom. The van der Waals surface area contributed by atoms with E-state index in [0.29, 0.717) is 17.1 Å². The Balaban J connectivity index is 1.68. The fourth-order valence-corrected chi connectivity index (χ4v) is 2.84. The topological polar surface area (TPSA) is 70.7 Å². The number of amides is 1.